The predicted molar refractivity (Wildman–Crippen MR) is 236 cm³/mol. The van der Waals surface area contributed by atoms with E-state index in [2.05, 4.69) is 37.2 Å². The van der Waals surface area contributed by atoms with E-state index in [1.165, 1.54) is 0 Å². The van der Waals surface area contributed by atoms with Gasteiger partial charge in [-0.15, -0.1) is 0 Å². The van der Waals surface area contributed by atoms with Gasteiger partial charge in [0.1, 0.15) is 12.1 Å². The van der Waals surface area contributed by atoms with Crippen LogP contribution in [0.1, 0.15) is 73.7 Å². The summed E-state index contributed by atoms with van der Waals surface area (Å²) in [7, 11) is 0. The lowest BCUT2D eigenvalue weighted by Gasteiger charge is -2.28. The molecule has 0 unspecified atom stereocenters. The summed E-state index contributed by atoms with van der Waals surface area (Å²) in [5.41, 5.74) is 1.14. The van der Waals surface area contributed by atoms with E-state index in [-0.39, 0.29) is 121 Å². The van der Waals surface area contributed by atoms with Crippen molar-refractivity contribution >= 4 is 59.6 Å². The average molecular weight is 952 g/mol. The van der Waals surface area contributed by atoms with Gasteiger partial charge in [-0.1, -0.05) is 12.1 Å². The van der Waals surface area contributed by atoms with Gasteiger partial charge in [0.15, 0.2) is 0 Å². The molecule has 0 heterocycles. The Morgan fingerprint density at radius 2 is 1.13 bits per heavy atom. The van der Waals surface area contributed by atoms with Crippen LogP contribution in [0.15, 0.2) is 24.3 Å². The Morgan fingerprint density at radius 3 is 1.66 bits per heavy atom. The number of urea groups is 1. The Labute approximate surface area is 386 Å². The third-order valence-corrected chi connectivity index (χ3v) is 10.8. The van der Waals surface area contributed by atoms with E-state index in [1.807, 2.05) is 0 Å². The van der Waals surface area contributed by atoms with E-state index < -0.39 is 60.4 Å². The average Bonchev–Trinajstić information content (AvgIpc) is 3.27. The van der Waals surface area contributed by atoms with Crippen LogP contribution in [0.2, 0.25) is 0 Å². The molecule has 0 bridgehead atoms. The van der Waals surface area contributed by atoms with Gasteiger partial charge in [-0.2, -0.15) is 0 Å². The first-order chi connectivity index (χ1) is 31.8. The van der Waals surface area contributed by atoms with Gasteiger partial charge >= 0.3 is 41.8 Å². The number of carboxylic acid groups (broad SMARTS) is 6. The molecule has 1 aliphatic rings. The molecule has 67 heavy (non-hydrogen) atoms. The van der Waals surface area contributed by atoms with Crippen molar-refractivity contribution in [1.82, 2.24) is 47.0 Å². The van der Waals surface area contributed by atoms with Crippen molar-refractivity contribution < 1.29 is 78.6 Å². The third-order valence-electron chi connectivity index (χ3n) is 10.8. The number of hydrogen-bond donors (Lipinski definition) is 13. The molecule has 25 heteroatoms. The highest BCUT2D eigenvalue weighted by Gasteiger charge is 2.28. The smallest absolute Gasteiger partial charge is 0.326 e. The number of carbonyl (C=O) groups excluding carboxylic acids is 4. The zero-order chi connectivity index (χ0) is 49.7. The predicted octanol–water partition coefficient (Wildman–Crippen LogP) is -1.77. The molecule has 0 radical (unpaired) electrons. The van der Waals surface area contributed by atoms with Crippen molar-refractivity contribution in [3.8, 4) is 0 Å². The molecule has 5 amide bonds. The summed E-state index contributed by atoms with van der Waals surface area (Å²) in [6, 6.07) is 2.79. The molecule has 374 valence electrons. The lowest BCUT2D eigenvalue weighted by atomic mass is 9.81. The fraction of sp³-hybridized carbons (Fsp3) is 0.619. The summed E-state index contributed by atoms with van der Waals surface area (Å²) in [5, 5.41) is 72.9. The zero-order valence-corrected chi connectivity index (χ0v) is 37.3. The van der Waals surface area contributed by atoms with Gasteiger partial charge in [0.2, 0.25) is 11.8 Å². The van der Waals surface area contributed by atoms with E-state index in [0.29, 0.717) is 50.6 Å². The molecule has 13 N–H and O–H groups in total. The molecule has 25 nitrogen and oxygen atoms in total. The zero-order valence-electron chi connectivity index (χ0n) is 37.3. The monoisotopic (exact) mass is 951 g/mol. The highest BCUT2D eigenvalue weighted by molar-refractivity contribution is 5.94. The summed E-state index contributed by atoms with van der Waals surface area (Å²) in [6.45, 7) is 1.45. The van der Waals surface area contributed by atoms with Gasteiger partial charge in [-0.25, -0.2) is 14.4 Å². The first-order valence-electron chi connectivity index (χ1n) is 22.0. The van der Waals surface area contributed by atoms with Gasteiger partial charge in [0.05, 0.1) is 26.2 Å². The minimum atomic E-state index is -1.51. The molecule has 0 saturated heterocycles. The number of nitrogens with one attached hydrogen (secondary N) is 7. The fourth-order valence-corrected chi connectivity index (χ4v) is 7.05. The number of unbranched alkanes of at least 4 members (excludes halogenated alkanes) is 1. The van der Waals surface area contributed by atoms with Crippen molar-refractivity contribution in [2.75, 3.05) is 78.5 Å². The van der Waals surface area contributed by atoms with Gasteiger partial charge < -0.3 is 67.9 Å². The Morgan fingerprint density at radius 1 is 0.582 bits per heavy atom. The van der Waals surface area contributed by atoms with Gasteiger partial charge in [0.25, 0.3) is 5.91 Å². The van der Waals surface area contributed by atoms with E-state index in [0.717, 1.165) is 5.56 Å². The fourth-order valence-electron chi connectivity index (χ4n) is 7.05. The molecule has 2 atom stereocenters. The standard InChI is InChI=1S/C42H65N9O16/c52-33(25-50(17-15-43-23-35(55)56)19-20-51(26-37(59)60)18-16-44-24-36(57)58)46-21-27-4-10-30(11-5-27)39(62)47-22-28-6-8-29(9-7-28)38(61)45-14-2-1-3-31(40(63)64)48-42(67)49-32(41(65)66)12-13-34(53)54/h4-5,10-11,28-29,31-32,43-44H,1-3,6-9,12-26H2,(H,45,61)(H,46,52)(H,47,62)(H,53,54)(H,55,56)(H,57,58)(H,59,60)(H,63,64)(H,65,66)(H2,48,49,67)/t28?,29?,31-,32-/m0/s1. The molecule has 2 rings (SSSR count). The van der Waals surface area contributed by atoms with Gasteiger partial charge in [-0.05, 0) is 75.0 Å². The normalized spacial score (nSPS) is 15.4. The van der Waals surface area contributed by atoms with Crippen LogP contribution in [-0.4, -0.2) is 191 Å². The quantitative estimate of drug-likeness (QED) is 0.0335. The SMILES string of the molecule is O=C(O)CC[C@H](NC(=O)N[C@@H](CCCCNC(=O)C1CCC(CNC(=O)c2ccc(CNC(=O)CN(CCNCC(=O)O)CCN(CCNCC(=O)O)CC(=O)O)cc2)CC1)C(=O)O)C(=O)O. The molecule has 1 aromatic rings. The molecule has 0 aliphatic heterocycles. The van der Waals surface area contributed by atoms with Crippen molar-refractivity contribution in [2.45, 2.75) is 76.4 Å². The summed E-state index contributed by atoms with van der Waals surface area (Å²) in [6.07, 6.45) is 2.52. The lowest BCUT2D eigenvalue weighted by Crippen LogP contribution is -2.51. The highest BCUT2D eigenvalue weighted by atomic mass is 16.4. The maximum Gasteiger partial charge on any atom is 0.326 e. The molecule has 0 aromatic heterocycles. The van der Waals surface area contributed by atoms with Crippen molar-refractivity contribution in [3.05, 3.63) is 35.4 Å². The largest absolute Gasteiger partial charge is 0.481 e. The summed E-state index contributed by atoms with van der Waals surface area (Å²) in [5.74, 6) is -8.02. The Bertz CT molecular complexity index is 1810. The van der Waals surface area contributed by atoms with Gasteiger partial charge in [-0.3, -0.25) is 43.4 Å². The van der Waals surface area contributed by atoms with Crippen LogP contribution in [0.25, 0.3) is 0 Å². The van der Waals surface area contributed by atoms with E-state index in [9.17, 15) is 63.3 Å². The molecule has 0 spiro atoms. The van der Waals surface area contributed by atoms with Crippen LogP contribution < -0.4 is 37.2 Å². The van der Waals surface area contributed by atoms with Crippen molar-refractivity contribution in [1.29, 1.82) is 0 Å². The Balaban J connectivity index is 1.73. The molecule has 1 aliphatic carbocycles. The first kappa shape index (κ1) is 56.7. The second-order valence-electron chi connectivity index (χ2n) is 16.1. The summed E-state index contributed by atoms with van der Waals surface area (Å²) in [4.78, 5) is 121. The van der Waals surface area contributed by atoms with Crippen LogP contribution >= 0.6 is 0 Å². The summed E-state index contributed by atoms with van der Waals surface area (Å²) >= 11 is 0. The highest BCUT2D eigenvalue weighted by Crippen LogP contribution is 2.28. The summed E-state index contributed by atoms with van der Waals surface area (Å²) < 4.78 is 0. The second-order valence-corrected chi connectivity index (χ2v) is 16.1. The number of amides is 5. The van der Waals surface area contributed by atoms with Gasteiger partial charge in [0, 0.05) is 76.8 Å². The Kier molecular flexibility index (Phi) is 26.6. The topological polar surface area (TPSA) is 383 Å². The minimum absolute atomic E-state index is 0.00504. The second kappa shape index (κ2) is 31.5. The maximum atomic E-state index is 13.0. The first-order valence-corrected chi connectivity index (χ1v) is 22.0. The number of benzene rings is 1. The number of aliphatic carboxylic acids is 6. The Hall–Kier alpha value is -6.44. The van der Waals surface area contributed by atoms with Crippen LogP contribution in [0.5, 0.6) is 0 Å². The van der Waals surface area contributed by atoms with Crippen molar-refractivity contribution in [2.24, 2.45) is 11.8 Å². The number of rotatable bonds is 35. The molecule has 1 fully saturated rings. The number of carboxylic acids is 6. The lowest BCUT2D eigenvalue weighted by molar-refractivity contribution is -0.141. The molecular weight excluding hydrogens is 887 g/mol. The maximum absolute atomic E-state index is 13.0. The van der Waals surface area contributed by atoms with Crippen LogP contribution in [0.3, 0.4) is 0 Å². The number of nitrogens with zero attached hydrogens (tertiary/aromatic N) is 2. The van der Waals surface area contributed by atoms with Crippen LogP contribution in [-0.2, 0) is 44.9 Å². The van der Waals surface area contributed by atoms with Crippen LogP contribution in [0.4, 0.5) is 4.79 Å². The number of hydrogen-bond acceptors (Lipinski definition) is 14. The van der Waals surface area contributed by atoms with Crippen LogP contribution in [0, 0.1) is 11.8 Å². The number of carbonyl (C=O) groups is 10. The van der Waals surface area contributed by atoms with E-state index in [4.69, 9.17) is 15.3 Å². The van der Waals surface area contributed by atoms with Crippen molar-refractivity contribution in [3.63, 3.8) is 0 Å². The molecule has 1 saturated carbocycles. The molecule has 1 aromatic carbocycles. The third kappa shape index (κ3) is 25.7. The molecular formula is C42H65N9O16. The van der Waals surface area contributed by atoms with E-state index >= 15 is 0 Å². The van der Waals surface area contributed by atoms with E-state index in [1.54, 1.807) is 34.1 Å². The minimum Gasteiger partial charge on any atom is -0.481 e.